The van der Waals surface area contributed by atoms with E-state index in [4.69, 9.17) is 21.3 Å². The molecular weight excluding hydrogens is 444 g/mol. The summed E-state index contributed by atoms with van der Waals surface area (Å²) in [5, 5.41) is 4.10. The van der Waals surface area contributed by atoms with Crippen LogP contribution in [0.2, 0.25) is 5.02 Å². The second kappa shape index (κ2) is 8.96. The van der Waals surface area contributed by atoms with Crippen LogP contribution in [0.4, 0.5) is 5.95 Å². The molecule has 2 unspecified atom stereocenters. The summed E-state index contributed by atoms with van der Waals surface area (Å²) in [5.41, 5.74) is 0.975. The molecule has 176 valence electrons. The molecule has 4 heterocycles. The van der Waals surface area contributed by atoms with Crippen molar-refractivity contribution in [2.24, 2.45) is 13.0 Å². The van der Waals surface area contributed by atoms with Gasteiger partial charge in [-0.2, -0.15) is 4.98 Å². The van der Waals surface area contributed by atoms with Gasteiger partial charge in [0.15, 0.2) is 11.2 Å². The summed E-state index contributed by atoms with van der Waals surface area (Å²) in [4.78, 5) is 33.8. The van der Waals surface area contributed by atoms with E-state index in [1.165, 1.54) is 9.13 Å². The number of halogens is 1. The number of aromatic nitrogens is 4. The minimum Gasteiger partial charge on any atom is -0.380 e. The topological polar surface area (TPSA) is 86.3 Å². The maximum absolute atomic E-state index is 13.6. The maximum atomic E-state index is 13.6. The molecule has 0 amide bonds. The molecule has 10 heteroatoms. The number of hydrogen-bond acceptors (Lipinski definition) is 6. The third-order valence-corrected chi connectivity index (χ3v) is 7.23. The van der Waals surface area contributed by atoms with E-state index in [2.05, 4.69) is 10.2 Å². The molecule has 0 saturated carbocycles. The first-order valence-corrected chi connectivity index (χ1v) is 11.9. The molecule has 1 aromatic carbocycles. The summed E-state index contributed by atoms with van der Waals surface area (Å²) in [6, 6.07) is 7.95. The molecule has 2 atom stereocenters. The van der Waals surface area contributed by atoms with Gasteiger partial charge in [0.2, 0.25) is 5.95 Å². The average Bonchev–Trinajstić information content (AvgIpc) is 3.51. The van der Waals surface area contributed by atoms with Crippen LogP contribution in [0.15, 0.2) is 33.9 Å². The Bertz CT molecular complexity index is 1300. The van der Waals surface area contributed by atoms with Crippen LogP contribution in [0.3, 0.4) is 0 Å². The lowest BCUT2D eigenvalue weighted by atomic mass is 10.1. The van der Waals surface area contributed by atoms with Crippen molar-refractivity contribution in [1.29, 1.82) is 0 Å². The number of benzene rings is 1. The van der Waals surface area contributed by atoms with Gasteiger partial charge in [-0.25, -0.2) is 4.79 Å². The molecule has 0 aliphatic carbocycles. The number of fused-ring (bicyclic) bond motifs is 2. The Labute approximate surface area is 196 Å². The quantitative estimate of drug-likeness (QED) is 0.524. The van der Waals surface area contributed by atoms with Gasteiger partial charge in [-0.3, -0.25) is 18.5 Å². The Morgan fingerprint density at radius 2 is 2.03 bits per heavy atom. The number of ether oxygens (including phenoxy) is 1. The monoisotopic (exact) mass is 472 g/mol. The molecule has 3 aromatic rings. The van der Waals surface area contributed by atoms with Gasteiger partial charge >= 0.3 is 5.69 Å². The maximum Gasteiger partial charge on any atom is 0.332 e. The van der Waals surface area contributed by atoms with Crippen LogP contribution in [-0.2, 0) is 24.9 Å². The fourth-order valence-corrected chi connectivity index (χ4v) is 5.32. The second-order valence-corrected chi connectivity index (χ2v) is 9.13. The first-order valence-electron chi connectivity index (χ1n) is 11.5. The van der Waals surface area contributed by atoms with Gasteiger partial charge in [-0.05, 0) is 30.9 Å². The summed E-state index contributed by atoms with van der Waals surface area (Å²) in [5.74, 6) is 1.28. The molecular formula is C23H29ClN6O3. The molecule has 2 fully saturated rings. The predicted molar refractivity (Wildman–Crippen MR) is 128 cm³/mol. The van der Waals surface area contributed by atoms with Crippen molar-refractivity contribution >= 4 is 28.7 Å². The Morgan fingerprint density at radius 1 is 1.21 bits per heavy atom. The fourth-order valence-electron chi connectivity index (χ4n) is 5.12. The van der Waals surface area contributed by atoms with Gasteiger partial charge in [-0.15, -0.1) is 0 Å². The van der Waals surface area contributed by atoms with Crippen LogP contribution < -0.4 is 21.5 Å². The molecule has 1 N–H and O–H groups in total. The molecule has 9 nitrogen and oxygen atoms in total. The zero-order valence-electron chi connectivity index (χ0n) is 19.0. The van der Waals surface area contributed by atoms with Gasteiger partial charge < -0.3 is 15.0 Å². The Kier molecular flexibility index (Phi) is 6.03. The van der Waals surface area contributed by atoms with Crippen LogP contribution in [0.1, 0.15) is 18.9 Å². The predicted octanol–water partition coefficient (Wildman–Crippen LogP) is 1.43. The van der Waals surface area contributed by atoms with Crippen LogP contribution in [0, 0.1) is 5.92 Å². The lowest BCUT2D eigenvalue weighted by Gasteiger charge is -2.25. The largest absolute Gasteiger partial charge is 0.380 e. The highest BCUT2D eigenvalue weighted by molar-refractivity contribution is 6.31. The first-order chi connectivity index (χ1) is 16.0. The highest BCUT2D eigenvalue weighted by Crippen LogP contribution is 2.33. The van der Waals surface area contributed by atoms with E-state index in [-0.39, 0.29) is 17.8 Å². The number of hydrogen-bond donors (Lipinski definition) is 1. The number of rotatable bonds is 7. The molecule has 33 heavy (non-hydrogen) atoms. The fraction of sp³-hybridized carbons (Fsp3) is 0.522. The van der Waals surface area contributed by atoms with E-state index in [1.54, 1.807) is 7.05 Å². The zero-order chi connectivity index (χ0) is 23.1. The molecule has 0 radical (unpaired) electrons. The van der Waals surface area contributed by atoms with Crippen molar-refractivity contribution in [1.82, 2.24) is 24.0 Å². The lowest BCUT2D eigenvalue weighted by Crippen LogP contribution is -2.40. The van der Waals surface area contributed by atoms with Crippen molar-refractivity contribution < 1.29 is 4.74 Å². The van der Waals surface area contributed by atoms with Gasteiger partial charge in [0.25, 0.3) is 5.56 Å². The average molecular weight is 473 g/mol. The molecule has 0 spiro atoms. The van der Waals surface area contributed by atoms with Crippen LogP contribution in [-0.4, -0.2) is 57.6 Å². The normalized spacial score (nSPS) is 20.2. The number of nitrogens with zero attached hydrogens (tertiary/aromatic N) is 5. The zero-order valence-corrected chi connectivity index (χ0v) is 19.7. The summed E-state index contributed by atoms with van der Waals surface area (Å²) >= 11 is 6.49. The number of imidazole rings is 1. The lowest BCUT2D eigenvalue weighted by molar-refractivity contribution is 0.137. The van der Waals surface area contributed by atoms with Crippen LogP contribution in [0.25, 0.3) is 11.2 Å². The Morgan fingerprint density at radius 3 is 2.82 bits per heavy atom. The minimum atomic E-state index is -0.386. The van der Waals surface area contributed by atoms with Crippen LogP contribution in [0.5, 0.6) is 0 Å². The molecule has 2 aliphatic rings. The van der Waals surface area contributed by atoms with Crippen molar-refractivity contribution in [2.75, 3.05) is 37.7 Å². The van der Waals surface area contributed by atoms with E-state index in [1.807, 2.05) is 35.8 Å². The smallest absolute Gasteiger partial charge is 0.332 e. The standard InChI is InChI=1S/C23H29ClN6O3/c1-3-33-11-10-29-21(31)19-20(27(2)23(29)32)26-22(28-9-8-15-12-25-13-18(15)28)30(19)14-16-6-4-5-7-17(16)24/h4-7,15,18,25H,3,8-14H2,1-2H3. The van der Waals surface area contributed by atoms with Crippen molar-refractivity contribution in [3.05, 3.63) is 55.7 Å². The molecule has 0 bridgehead atoms. The molecule has 2 aromatic heterocycles. The van der Waals surface area contributed by atoms with E-state index < -0.39 is 0 Å². The Hall–Kier alpha value is -2.62. The first kappa shape index (κ1) is 22.2. The van der Waals surface area contributed by atoms with E-state index in [9.17, 15) is 9.59 Å². The summed E-state index contributed by atoms with van der Waals surface area (Å²) < 4.78 is 10.1. The van der Waals surface area contributed by atoms with E-state index >= 15 is 0 Å². The SMILES string of the molecule is CCOCCn1c(=O)c2c(nc(N3CCC4CNCC43)n2Cc2ccccc2Cl)n(C)c1=O. The number of aryl methyl sites for hydroxylation is 1. The Balaban J connectivity index is 1.71. The van der Waals surface area contributed by atoms with Crippen LogP contribution >= 0.6 is 11.6 Å². The van der Waals surface area contributed by atoms with Gasteiger partial charge in [0.05, 0.1) is 19.7 Å². The highest BCUT2D eigenvalue weighted by Gasteiger charge is 2.40. The third-order valence-electron chi connectivity index (χ3n) is 6.86. The van der Waals surface area contributed by atoms with E-state index in [0.717, 1.165) is 37.6 Å². The highest BCUT2D eigenvalue weighted by atomic mass is 35.5. The van der Waals surface area contributed by atoms with Gasteiger partial charge in [0.1, 0.15) is 0 Å². The minimum absolute atomic E-state index is 0.195. The molecule has 2 saturated heterocycles. The van der Waals surface area contributed by atoms with Crippen molar-refractivity contribution in [2.45, 2.75) is 32.5 Å². The van der Waals surface area contributed by atoms with Gasteiger partial charge in [0, 0.05) is 44.4 Å². The number of anilines is 1. The number of nitrogens with one attached hydrogen (secondary N) is 1. The molecule has 5 rings (SSSR count). The third kappa shape index (κ3) is 3.78. The summed E-state index contributed by atoms with van der Waals surface area (Å²) in [6.45, 7) is 6.05. The van der Waals surface area contributed by atoms with Crippen molar-refractivity contribution in [3.8, 4) is 0 Å². The summed E-state index contributed by atoms with van der Waals surface area (Å²) in [7, 11) is 1.67. The van der Waals surface area contributed by atoms with Gasteiger partial charge in [-0.1, -0.05) is 29.8 Å². The summed E-state index contributed by atoms with van der Waals surface area (Å²) in [6.07, 6.45) is 1.07. The molecule has 2 aliphatic heterocycles. The van der Waals surface area contributed by atoms with Crippen molar-refractivity contribution in [3.63, 3.8) is 0 Å². The van der Waals surface area contributed by atoms with E-state index in [0.29, 0.717) is 47.9 Å². The second-order valence-electron chi connectivity index (χ2n) is 8.72.